The van der Waals surface area contributed by atoms with Crippen molar-refractivity contribution in [1.82, 2.24) is 20.2 Å². The maximum atomic E-state index is 13.2. The number of aromatic nitrogens is 2. The van der Waals surface area contributed by atoms with Crippen molar-refractivity contribution in [2.75, 3.05) is 19.6 Å². The SMILES string of the molecule is Cc1cc(C(=O)N2CCNCC2c2cccnc2)nc2ccccc12. The van der Waals surface area contributed by atoms with Gasteiger partial charge in [-0.15, -0.1) is 0 Å². The summed E-state index contributed by atoms with van der Waals surface area (Å²) in [6.45, 7) is 4.20. The molecule has 1 amide bonds. The van der Waals surface area contributed by atoms with E-state index >= 15 is 0 Å². The van der Waals surface area contributed by atoms with Gasteiger partial charge in [-0.25, -0.2) is 4.98 Å². The van der Waals surface area contributed by atoms with Crippen LogP contribution in [0.2, 0.25) is 0 Å². The van der Waals surface area contributed by atoms with Crippen molar-refractivity contribution in [1.29, 1.82) is 0 Å². The Morgan fingerprint density at radius 2 is 2.12 bits per heavy atom. The molecule has 3 aromatic rings. The molecule has 1 aromatic carbocycles. The Balaban J connectivity index is 1.71. The highest BCUT2D eigenvalue weighted by Crippen LogP contribution is 2.25. The topological polar surface area (TPSA) is 58.1 Å². The molecule has 25 heavy (non-hydrogen) atoms. The molecule has 1 aliphatic heterocycles. The van der Waals surface area contributed by atoms with E-state index in [0.717, 1.165) is 35.1 Å². The van der Waals surface area contributed by atoms with Crippen molar-refractivity contribution >= 4 is 16.8 Å². The average molecular weight is 332 g/mol. The minimum Gasteiger partial charge on any atom is -0.328 e. The van der Waals surface area contributed by atoms with Crippen molar-refractivity contribution < 1.29 is 4.79 Å². The summed E-state index contributed by atoms with van der Waals surface area (Å²) in [5, 5.41) is 4.45. The van der Waals surface area contributed by atoms with Gasteiger partial charge in [0, 0.05) is 37.4 Å². The third kappa shape index (κ3) is 2.98. The Bertz CT molecular complexity index is 910. The molecule has 0 spiro atoms. The van der Waals surface area contributed by atoms with Crippen LogP contribution in [0, 0.1) is 6.92 Å². The zero-order chi connectivity index (χ0) is 17.2. The number of nitrogens with one attached hydrogen (secondary N) is 1. The summed E-state index contributed by atoms with van der Waals surface area (Å²) in [5.74, 6) is -0.0239. The van der Waals surface area contributed by atoms with Gasteiger partial charge >= 0.3 is 0 Å². The molecule has 5 nitrogen and oxygen atoms in total. The van der Waals surface area contributed by atoms with E-state index in [2.05, 4.69) is 15.3 Å². The smallest absolute Gasteiger partial charge is 0.273 e. The predicted octanol–water partition coefficient (Wildman–Crippen LogP) is 2.72. The van der Waals surface area contributed by atoms with E-state index in [1.165, 1.54) is 0 Å². The Kier molecular flexibility index (Phi) is 4.15. The third-order valence-electron chi connectivity index (χ3n) is 4.72. The number of aryl methyl sites for hydroxylation is 1. The van der Waals surface area contributed by atoms with Gasteiger partial charge < -0.3 is 10.2 Å². The zero-order valence-electron chi connectivity index (χ0n) is 14.1. The number of para-hydroxylation sites is 1. The lowest BCUT2D eigenvalue weighted by Crippen LogP contribution is -2.48. The predicted molar refractivity (Wildman–Crippen MR) is 97.4 cm³/mol. The first-order chi connectivity index (χ1) is 12.2. The van der Waals surface area contributed by atoms with Gasteiger partial charge in [0.05, 0.1) is 11.6 Å². The highest BCUT2D eigenvalue weighted by atomic mass is 16.2. The highest BCUT2D eigenvalue weighted by molar-refractivity contribution is 5.96. The van der Waals surface area contributed by atoms with Crippen LogP contribution in [0.15, 0.2) is 54.9 Å². The van der Waals surface area contributed by atoms with E-state index in [0.29, 0.717) is 12.2 Å². The van der Waals surface area contributed by atoms with Crippen LogP contribution in [0.4, 0.5) is 0 Å². The van der Waals surface area contributed by atoms with E-state index in [1.807, 2.05) is 60.5 Å². The lowest BCUT2D eigenvalue weighted by Gasteiger charge is -2.36. The van der Waals surface area contributed by atoms with Gasteiger partial charge in [0.1, 0.15) is 5.69 Å². The molecular weight excluding hydrogens is 312 g/mol. The molecule has 1 unspecified atom stereocenters. The van der Waals surface area contributed by atoms with Crippen molar-refractivity contribution in [3.05, 3.63) is 71.7 Å². The highest BCUT2D eigenvalue weighted by Gasteiger charge is 2.29. The molecule has 5 heteroatoms. The van der Waals surface area contributed by atoms with Crippen LogP contribution in [0.3, 0.4) is 0 Å². The summed E-state index contributed by atoms with van der Waals surface area (Å²) in [4.78, 5) is 23.9. The van der Waals surface area contributed by atoms with Gasteiger partial charge in [-0.1, -0.05) is 24.3 Å². The molecule has 1 aliphatic rings. The molecule has 4 rings (SSSR count). The van der Waals surface area contributed by atoms with Gasteiger partial charge in [-0.2, -0.15) is 0 Å². The molecule has 0 saturated carbocycles. The molecule has 1 saturated heterocycles. The number of carbonyl (C=O) groups is 1. The summed E-state index contributed by atoms with van der Waals surface area (Å²) < 4.78 is 0. The molecule has 1 fully saturated rings. The lowest BCUT2D eigenvalue weighted by molar-refractivity contribution is 0.0628. The fraction of sp³-hybridized carbons (Fsp3) is 0.250. The number of benzene rings is 1. The van der Waals surface area contributed by atoms with Crippen LogP contribution in [0.25, 0.3) is 10.9 Å². The molecule has 126 valence electrons. The molecule has 0 radical (unpaired) electrons. The number of carbonyl (C=O) groups excluding carboxylic acids is 1. The second kappa shape index (κ2) is 6.61. The standard InChI is InChI=1S/C20H20N4O/c1-14-11-18(23-17-7-3-2-6-16(14)17)20(25)24-10-9-22-13-19(24)15-5-4-8-21-12-15/h2-8,11-12,19,22H,9-10,13H2,1H3. The quantitative estimate of drug-likeness (QED) is 0.784. The number of nitrogens with zero attached hydrogens (tertiary/aromatic N) is 3. The molecule has 2 aromatic heterocycles. The van der Waals surface area contributed by atoms with Gasteiger partial charge in [-0.05, 0) is 36.2 Å². The number of hydrogen-bond acceptors (Lipinski definition) is 4. The monoisotopic (exact) mass is 332 g/mol. The lowest BCUT2D eigenvalue weighted by atomic mass is 10.0. The van der Waals surface area contributed by atoms with Crippen molar-refractivity contribution in [3.63, 3.8) is 0 Å². The van der Waals surface area contributed by atoms with E-state index in [-0.39, 0.29) is 11.9 Å². The zero-order valence-corrected chi connectivity index (χ0v) is 14.1. The maximum Gasteiger partial charge on any atom is 0.273 e. The number of rotatable bonds is 2. The first-order valence-electron chi connectivity index (χ1n) is 8.52. The average Bonchev–Trinajstić information content (AvgIpc) is 2.68. The molecule has 3 heterocycles. The van der Waals surface area contributed by atoms with Crippen LogP contribution in [-0.2, 0) is 0 Å². The van der Waals surface area contributed by atoms with Gasteiger partial charge in [-0.3, -0.25) is 9.78 Å². The fourth-order valence-electron chi connectivity index (χ4n) is 3.42. The summed E-state index contributed by atoms with van der Waals surface area (Å²) in [7, 11) is 0. The van der Waals surface area contributed by atoms with E-state index in [4.69, 9.17) is 0 Å². The maximum absolute atomic E-state index is 13.2. The van der Waals surface area contributed by atoms with Gasteiger partial charge in [0.2, 0.25) is 0 Å². The number of piperazine rings is 1. The number of pyridine rings is 2. The second-order valence-corrected chi connectivity index (χ2v) is 6.35. The van der Waals surface area contributed by atoms with Crippen LogP contribution in [-0.4, -0.2) is 40.4 Å². The van der Waals surface area contributed by atoms with E-state index < -0.39 is 0 Å². The van der Waals surface area contributed by atoms with Crippen LogP contribution in [0.1, 0.15) is 27.7 Å². The normalized spacial score (nSPS) is 17.6. The molecule has 1 atom stereocenters. The number of amides is 1. The first-order valence-corrected chi connectivity index (χ1v) is 8.52. The Labute approximate surface area is 146 Å². The molecule has 0 aliphatic carbocycles. The van der Waals surface area contributed by atoms with Gasteiger partial charge in [0.25, 0.3) is 5.91 Å². The van der Waals surface area contributed by atoms with Crippen molar-refractivity contribution in [2.45, 2.75) is 13.0 Å². The minimum absolute atomic E-state index is 0.0239. The summed E-state index contributed by atoms with van der Waals surface area (Å²) in [6, 6.07) is 13.7. The minimum atomic E-state index is -0.0245. The number of fused-ring (bicyclic) bond motifs is 1. The molecular formula is C20H20N4O. The fourth-order valence-corrected chi connectivity index (χ4v) is 3.42. The Hall–Kier alpha value is -2.79. The summed E-state index contributed by atoms with van der Waals surface area (Å²) in [5.41, 5.74) is 3.48. The molecule has 1 N–H and O–H groups in total. The Morgan fingerprint density at radius 1 is 1.24 bits per heavy atom. The van der Waals surface area contributed by atoms with E-state index in [1.54, 1.807) is 6.20 Å². The van der Waals surface area contributed by atoms with Crippen LogP contribution in [0.5, 0.6) is 0 Å². The van der Waals surface area contributed by atoms with Crippen molar-refractivity contribution in [2.24, 2.45) is 0 Å². The van der Waals surface area contributed by atoms with Crippen molar-refractivity contribution in [3.8, 4) is 0 Å². The second-order valence-electron chi connectivity index (χ2n) is 6.35. The summed E-state index contributed by atoms with van der Waals surface area (Å²) >= 11 is 0. The third-order valence-corrected chi connectivity index (χ3v) is 4.72. The molecule has 0 bridgehead atoms. The largest absolute Gasteiger partial charge is 0.328 e. The van der Waals surface area contributed by atoms with Crippen LogP contribution < -0.4 is 5.32 Å². The summed E-state index contributed by atoms with van der Waals surface area (Å²) in [6.07, 6.45) is 3.58. The first kappa shape index (κ1) is 15.7. The van der Waals surface area contributed by atoms with E-state index in [9.17, 15) is 4.79 Å². The van der Waals surface area contributed by atoms with Gasteiger partial charge in [0.15, 0.2) is 0 Å². The van der Waals surface area contributed by atoms with Crippen LogP contribution >= 0.6 is 0 Å². The Morgan fingerprint density at radius 3 is 2.96 bits per heavy atom. The number of hydrogen-bond donors (Lipinski definition) is 1.